The largest absolute Gasteiger partial charge is 0.444 e. The number of benzene rings is 2. The smallest absolute Gasteiger partial charge is 0.207 e. The van der Waals surface area contributed by atoms with E-state index in [-0.39, 0.29) is 0 Å². The average molecular weight is 320 g/mol. The number of ether oxygens (including phenoxy) is 1. The predicted molar refractivity (Wildman–Crippen MR) is 78.6 cm³/mol. The van der Waals surface area contributed by atoms with Crippen LogP contribution in [0.2, 0.25) is 0 Å². The zero-order chi connectivity index (χ0) is 12.5. The van der Waals surface area contributed by atoms with Crippen LogP contribution in [-0.2, 0) is 0 Å². The van der Waals surface area contributed by atoms with E-state index in [0.717, 1.165) is 31.8 Å². The highest BCUT2D eigenvalue weighted by molar-refractivity contribution is 9.10. The molecule has 0 saturated carbocycles. The summed E-state index contributed by atoms with van der Waals surface area (Å²) in [4.78, 5) is 0. The molecular weight excluding hydrogens is 310 g/mol. The molecule has 90 valence electrons. The lowest BCUT2D eigenvalue weighted by atomic mass is 10.2. The quantitative estimate of drug-likeness (QED) is 0.651. The third-order valence-electron chi connectivity index (χ3n) is 2.70. The average Bonchev–Trinajstić information content (AvgIpc) is 2.78. The number of aromatic nitrogens is 1. The van der Waals surface area contributed by atoms with E-state index in [1.54, 1.807) is 0 Å². The Bertz CT molecular complexity index is 708. The first-order chi connectivity index (χ1) is 8.74. The minimum Gasteiger partial charge on any atom is -0.444 e. The zero-order valence-corrected chi connectivity index (χ0v) is 12.1. The molecule has 0 aliphatic heterocycles. The summed E-state index contributed by atoms with van der Waals surface area (Å²) in [7, 11) is 0. The SMILES string of the molecule is Cc1ccc(Br)cc1Oc1snc2ccccc12. The molecule has 2 aromatic carbocycles. The van der Waals surface area contributed by atoms with Crippen LogP contribution in [0.3, 0.4) is 0 Å². The molecule has 0 fully saturated rings. The Balaban J connectivity index is 2.04. The van der Waals surface area contributed by atoms with Crippen molar-refractivity contribution in [2.45, 2.75) is 6.92 Å². The lowest BCUT2D eigenvalue weighted by Crippen LogP contribution is -1.85. The van der Waals surface area contributed by atoms with Gasteiger partial charge in [0.05, 0.1) is 10.9 Å². The molecule has 0 bridgehead atoms. The fraction of sp³-hybridized carbons (Fsp3) is 0.0714. The summed E-state index contributed by atoms with van der Waals surface area (Å²) >= 11 is 4.84. The second-order valence-corrected chi connectivity index (χ2v) is 5.65. The summed E-state index contributed by atoms with van der Waals surface area (Å²) in [6.07, 6.45) is 0. The molecule has 2 nitrogen and oxygen atoms in total. The summed E-state index contributed by atoms with van der Waals surface area (Å²) in [5.41, 5.74) is 2.08. The molecule has 3 aromatic rings. The lowest BCUT2D eigenvalue weighted by Gasteiger charge is -2.07. The number of hydrogen-bond acceptors (Lipinski definition) is 3. The van der Waals surface area contributed by atoms with Gasteiger partial charge in [0.25, 0.3) is 0 Å². The molecule has 0 atom stereocenters. The summed E-state index contributed by atoms with van der Waals surface area (Å²) in [5.74, 6) is 0.860. The van der Waals surface area contributed by atoms with Crippen molar-refractivity contribution in [3.63, 3.8) is 0 Å². The molecule has 1 aromatic heterocycles. The Hall–Kier alpha value is -1.39. The van der Waals surface area contributed by atoms with Crippen molar-refractivity contribution in [2.24, 2.45) is 0 Å². The van der Waals surface area contributed by atoms with Gasteiger partial charge >= 0.3 is 0 Å². The Labute approximate surface area is 118 Å². The maximum absolute atomic E-state index is 5.97. The molecule has 0 aliphatic rings. The molecule has 0 radical (unpaired) electrons. The standard InChI is InChI=1S/C14H10BrNOS/c1-9-6-7-10(15)8-13(9)17-14-11-4-2-3-5-12(11)16-18-14/h2-8H,1H3. The van der Waals surface area contributed by atoms with Gasteiger partial charge in [-0.3, -0.25) is 0 Å². The Kier molecular flexibility index (Phi) is 3.06. The lowest BCUT2D eigenvalue weighted by molar-refractivity contribution is 0.497. The van der Waals surface area contributed by atoms with Crippen molar-refractivity contribution < 1.29 is 4.74 Å². The van der Waals surface area contributed by atoms with Crippen LogP contribution in [0.1, 0.15) is 5.56 Å². The number of rotatable bonds is 2. The van der Waals surface area contributed by atoms with Gasteiger partial charge in [-0.15, -0.1) is 0 Å². The van der Waals surface area contributed by atoms with E-state index in [2.05, 4.69) is 20.3 Å². The van der Waals surface area contributed by atoms with Crippen LogP contribution in [0.15, 0.2) is 46.9 Å². The van der Waals surface area contributed by atoms with Gasteiger partial charge < -0.3 is 4.74 Å². The van der Waals surface area contributed by atoms with Crippen LogP contribution < -0.4 is 4.74 Å². The molecular formula is C14H10BrNOS. The Morgan fingerprint density at radius 2 is 2.00 bits per heavy atom. The van der Waals surface area contributed by atoms with Crippen LogP contribution in [0, 0.1) is 6.92 Å². The van der Waals surface area contributed by atoms with E-state index in [1.807, 2.05) is 49.4 Å². The molecule has 0 N–H and O–H groups in total. The highest BCUT2D eigenvalue weighted by atomic mass is 79.9. The van der Waals surface area contributed by atoms with Crippen LogP contribution in [-0.4, -0.2) is 4.37 Å². The molecule has 18 heavy (non-hydrogen) atoms. The minimum atomic E-state index is 0.840. The molecule has 4 heteroatoms. The molecule has 0 spiro atoms. The number of halogens is 1. The van der Waals surface area contributed by atoms with Crippen LogP contribution in [0.5, 0.6) is 10.8 Å². The third kappa shape index (κ3) is 2.13. The molecule has 3 rings (SSSR count). The zero-order valence-electron chi connectivity index (χ0n) is 9.68. The van der Waals surface area contributed by atoms with Gasteiger partial charge in [0.2, 0.25) is 5.06 Å². The summed E-state index contributed by atoms with van der Waals surface area (Å²) < 4.78 is 11.4. The van der Waals surface area contributed by atoms with E-state index in [0.29, 0.717) is 0 Å². The topological polar surface area (TPSA) is 22.1 Å². The maximum Gasteiger partial charge on any atom is 0.207 e. The maximum atomic E-state index is 5.97. The molecule has 0 amide bonds. The second kappa shape index (κ2) is 4.71. The van der Waals surface area contributed by atoms with Crippen molar-refractivity contribution in [2.75, 3.05) is 0 Å². The van der Waals surface area contributed by atoms with Crippen LogP contribution >= 0.6 is 27.5 Å². The van der Waals surface area contributed by atoms with E-state index in [4.69, 9.17) is 4.74 Å². The van der Waals surface area contributed by atoms with E-state index in [1.165, 1.54) is 11.5 Å². The molecule has 0 unspecified atom stereocenters. The van der Waals surface area contributed by atoms with Crippen molar-refractivity contribution in [1.82, 2.24) is 4.37 Å². The number of fused-ring (bicyclic) bond motifs is 1. The van der Waals surface area contributed by atoms with Crippen LogP contribution in [0.4, 0.5) is 0 Å². The molecule has 1 heterocycles. The van der Waals surface area contributed by atoms with E-state index in [9.17, 15) is 0 Å². The first-order valence-electron chi connectivity index (χ1n) is 5.52. The number of nitrogens with zero attached hydrogens (tertiary/aromatic N) is 1. The Morgan fingerprint density at radius 3 is 2.89 bits per heavy atom. The first kappa shape index (κ1) is 11.7. The highest BCUT2D eigenvalue weighted by Gasteiger charge is 2.09. The minimum absolute atomic E-state index is 0.840. The van der Waals surface area contributed by atoms with Gasteiger partial charge in [-0.25, -0.2) is 0 Å². The van der Waals surface area contributed by atoms with Crippen LogP contribution in [0.25, 0.3) is 10.9 Å². The van der Waals surface area contributed by atoms with Gasteiger partial charge in [0.15, 0.2) is 0 Å². The van der Waals surface area contributed by atoms with Crippen molar-refractivity contribution >= 4 is 38.4 Å². The van der Waals surface area contributed by atoms with Crippen molar-refractivity contribution in [3.05, 3.63) is 52.5 Å². The summed E-state index contributed by atoms with van der Waals surface area (Å²) in [6.45, 7) is 2.03. The summed E-state index contributed by atoms with van der Waals surface area (Å²) in [6, 6.07) is 14.0. The van der Waals surface area contributed by atoms with Gasteiger partial charge in [0.1, 0.15) is 5.75 Å². The number of hydrogen-bond donors (Lipinski definition) is 0. The molecule has 0 aliphatic carbocycles. The fourth-order valence-electron chi connectivity index (χ4n) is 1.72. The van der Waals surface area contributed by atoms with E-state index < -0.39 is 0 Å². The summed E-state index contributed by atoms with van der Waals surface area (Å²) in [5, 5.41) is 1.90. The monoisotopic (exact) mass is 319 g/mol. The Morgan fingerprint density at radius 1 is 1.17 bits per heavy atom. The predicted octanol–water partition coefficient (Wildman–Crippen LogP) is 5.16. The third-order valence-corrected chi connectivity index (χ3v) is 3.95. The second-order valence-electron chi connectivity index (χ2n) is 4.00. The fourth-order valence-corrected chi connectivity index (χ4v) is 2.80. The van der Waals surface area contributed by atoms with Gasteiger partial charge in [-0.1, -0.05) is 34.1 Å². The van der Waals surface area contributed by atoms with Crippen molar-refractivity contribution in [3.8, 4) is 10.8 Å². The van der Waals surface area contributed by atoms with Gasteiger partial charge in [-0.05, 0) is 36.8 Å². The number of aryl methyl sites for hydroxylation is 1. The van der Waals surface area contributed by atoms with E-state index >= 15 is 0 Å². The first-order valence-corrected chi connectivity index (χ1v) is 7.09. The normalized spacial score (nSPS) is 10.8. The van der Waals surface area contributed by atoms with Gasteiger partial charge in [-0.2, -0.15) is 4.37 Å². The molecule has 0 saturated heterocycles. The van der Waals surface area contributed by atoms with Crippen molar-refractivity contribution in [1.29, 1.82) is 0 Å². The van der Waals surface area contributed by atoms with Gasteiger partial charge in [0, 0.05) is 16.0 Å². The highest BCUT2D eigenvalue weighted by Crippen LogP contribution is 2.35.